The van der Waals surface area contributed by atoms with Gasteiger partial charge in [0.15, 0.2) is 0 Å². The predicted molar refractivity (Wildman–Crippen MR) is 135 cm³/mol. The Hall–Kier alpha value is -2.95. The van der Waals surface area contributed by atoms with Gasteiger partial charge in [0.05, 0.1) is 17.1 Å². The maximum absolute atomic E-state index is 13.4. The summed E-state index contributed by atoms with van der Waals surface area (Å²) in [7, 11) is 0. The predicted octanol–water partition coefficient (Wildman–Crippen LogP) is 5.87. The minimum absolute atomic E-state index is 0.0203. The van der Waals surface area contributed by atoms with Crippen LogP contribution in [0.25, 0.3) is 10.8 Å². The molecule has 1 aliphatic rings. The average molecular weight is 458 g/mol. The zero-order valence-electron chi connectivity index (χ0n) is 18.7. The van der Waals surface area contributed by atoms with Crippen molar-refractivity contribution in [3.63, 3.8) is 0 Å². The zero-order valence-corrected chi connectivity index (χ0v) is 19.4. The summed E-state index contributed by atoms with van der Waals surface area (Å²) in [6.45, 7) is 2.97. The summed E-state index contributed by atoms with van der Waals surface area (Å²) in [5.41, 5.74) is 3.43. The highest BCUT2D eigenvalue weighted by molar-refractivity contribution is 6.30. The first-order chi connectivity index (χ1) is 16.2. The Morgan fingerprint density at radius 1 is 0.818 bits per heavy atom. The third-order valence-electron chi connectivity index (χ3n) is 6.57. The first kappa shape index (κ1) is 21.9. The maximum Gasteiger partial charge on any atom is 0.274 e. The van der Waals surface area contributed by atoms with Crippen LogP contribution < -0.4 is 5.56 Å². The van der Waals surface area contributed by atoms with Crippen molar-refractivity contribution in [1.29, 1.82) is 0 Å². The average Bonchev–Trinajstić information content (AvgIpc) is 3.08. The molecule has 1 aromatic heterocycles. The van der Waals surface area contributed by atoms with Gasteiger partial charge in [-0.05, 0) is 55.1 Å². The van der Waals surface area contributed by atoms with Crippen LogP contribution in [0.2, 0.25) is 5.02 Å². The van der Waals surface area contributed by atoms with E-state index in [0.717, 1.165) is 65.9 Å². The van der Waals surface area contributed by atoms with Crippen LogP contribution in [0.1, 0.15) is 42.1 Å². The van der Waals surface area contributed by atoms with E-state index in [4.69, 9.17) is 16.7 Å². The van der Waals surface area contributed by atoms with E-state index in [1.54, 1.807) is 4.68 Å². The molecule has 1 unspecified atom stereocenters. The van der Waals surface area contributed by atoms with E-state index in [2.05, 4.69) is 35.2 Å². The van der Waals surface area contributed by atoms with Crippen molar-refractivity contribution < 1.29 is 0 Å². The van der Waals surface area contributed by atoms with Gasteiger partial charge in [-0.25, -0.2) is 4.68 Å². The first-order valence-corrected chi connectivity index (χ1v) is 12.1. The fourth-order valence-corrected chi connectivity index (χ4v) is 4.96. The molecule has 1 saturated heterocycles. The Balaban J connectivity index is 1.43. The minimum atomic E-state index is 0.0203. The van der Waals surface area contributed by atoms with Crippen molar-refractivity contribution in [3.8, 4) is 0 Å². The van der Waals surface area contributed by atoms with Gasteiger partial charge in [-0.15, -0.1) is 0 Å². The monoisotopic (exact) mass is 457 g/mol. The Morgan fingerprint density at radius 2 is 1.55 bits per heavy atom. The molecule has 1 fully saturated rings. The number of fused-ring (bicyclic) bond motifs is 1. The van der Waals surface area contributed by atoms with Crippen molar-refractivity contribution in [3.05, 3.63) is 111 Å². The van der Waals surface area contributed by atoms with Crippen molar-refractivity contribution in [2.24, 2.45) is 0 Å². The number of nitrogens with zero attached hydrogens (tertiary/aromatic N) is 3. The van der Waals surface area contributed by atoms with E-state index in [-0.39, 0.29) is 11.6 Å². The molecule has 168 valence electrons. The van der Waals surface area contributed by atoms with Crippen LogP contribution in [0.4, 0.5) is 0 Å². The molecule has 0 aliphatic carbocycles. The van der Waals surface area contributed by atoms with Gasteiger partial charge in [0, 0.05) is 29.9 Å². The third kappa shape index (κ3) is 5.02. The molecule has 2 heterocycles. The van der Waals surface area contributed by atoms with Gasteiger partial charge in [0.2, 0.25) is 0 Å². The molecule has 1 atom stereocenters. The number of rotatable bonds is 5. The van der Waals surface area contributed by atoms with Crippen LogP contribution in [-0.4, -0.2) is 27.8 Å². The lowest BCUT2D eigenvalue weighted by Gasteiger charge is -2.21. The van der Waals surface area contributed by atoms with E-state index in [1.807, 2.05) is 48.5 Å². The van der Waals surface area contributed by atoms with E-state index in [0.29, 0.717) is 6.42 Å². The largest absolute Gasteiger partial charge is 0.299 e. The lowest BCUT2D eigenvalue weighted by Crippen LogP contribution is -2.30. The molecule has 0 saturated carbocycles. The Labute approximate surface area is 199 Å². The Kier molecular flexibility index (Phi) is 6.56. The molecule has 5 rings (SSSR count). The molecule has 5 heteroatoms. The number of hydrogen-bond donors (Lipinski definition) is 0. The Morgan fingerprint density at radius 3 is 2.33 bits per heavy atom. The van der Waals surface area contributed by atoms with Crippen molar-refractivity contribution in [2.75, 3.05) is 13.1 Å². The number of likely N-dealkylation sites (tertiary alicyclic amines) is 1. The number of halogens is 1. The molecule has 0 bridgehead atoms. The van der Waals surface area contributed by atoms with E-state index in [9.17, 15) is 4.79 Å². The lowest BCUT2D eigenvalue weighted by atomic mass is 10.0. The van der Waals surface area contributed by atoms with Crippen molar-refractivity contribution in [1.82, 2.24) is 14.7 Å². The van der Waals surface area contributed by atoms with Crippen LogP contribution in [0.5, 0.6) is 0 Å². The summed E-state index contributed by atoms with van der Waals surface area (Å²) in [6, 6.07) is 26.4. The molecule has 4 nitrogen and oxygen atoms in total. The standard InChI is InChI=1S/C28H28ClN3O/c29-23-14-12-21(13-15-23)19-27-25-10-4-5-11-26(25)28(33)32(30-27)24-9-6-17-31(18-16-24)20-22-7-2-1-3-8-22/h1-5,7-8,10-15,24H,6,9,16-20H2. The van der Waals surface area contributed by atoms with Gasteiger partial charge in [-0.2, -0.15) is 5.10 Å². The number of hydrogen-bond acceptors (Lipinski definition) is 3. The molecule has 4 aromatic rings. The van der Waals surface area contributed by atoms with E-state index in [1.165, 1.54) is 5.56 Å². The first-order valence-electron chi connectivity index (χ1n) is 11.7. The molecular weight excluding hydrogens is 430 g/mol. The highest BCUT2D eigenvalue weighted by atomic mass is 35.5. The second-order valence-corrected chi connectivity index (χ2v) is 9.33. The maximum atomic E-state index is 13.4. The van der Waals surface area contributed by atoms with Gasteiger partial charge >= 0.3 is 0 Å². The van der Waals surface area contributed by atoms with Crippen LogP contribution in [0.3, 0.4) is 0 Å². The van der Waals surface area contributed by atoms with E-state index < -0.39 is 0 Å². The summed E-state index contributed by atoms with van der Waals surface area (Å²) < 4.78 is 1.78. The molecule has 0 spiro atoms. The summed E-state index contributed by atoms with van der Waals surface area (Å²) in [4.78, 5) is 15.9. The fourth-order valence-electron chi connectivity index (χ4n) is 4.83. The molecule has 0 amide bonds. The van der Waals surface area contributed by atoms with Gasteiger partial charge in [0.25, 0.3) is 5.56 Å². The summed E-state index contributed by atoms with van der Waals surface area (Å²) >= 11 is 6.07. The van der Waals surface area contributed by atoms with Gasteiger partial charge in [-0.1, -0.05) is 72.3 Å². The van der Waals surface area contributed by atoms with Crippen LogP contribution in [-0.2, 0) is 13.0 Å². The van der Waals surface area contributed by atoms with Crippen LogP contribution in [0.15, 0.2) is 83.7 Å². The van der Waals surface area contributed by atoms with Crippen molar-refractivity contribution >= 4 is 22.4 Å². The van der Waals surface area contributed by atoms with Gasteiger partial charge < -0.3 is 0 Å². The molecule has 33 heavy (non-hydrogen) atoms. The third-order valence-corrected chi connectivity index (χ3v) is 6.83. The van der Waals surface area contributed by atoms with Crippen LogP contribution in [0, 0.1) is 0 Å². The molecule has 1 aliphatic heterocycles. The number of benzene rings is 3. The summed E-state index contributed by atoms with van der Waals surface area (Å²) in [5, 5.41) is 7.36. The molecule has 0 radical (unpaired) electrons. The summed E-state index contributed by atoms with van der Waals surface area (Å²) in [5.74, 6) is 0. The smallest absolute Gasteiger partial charge is 0.274 e. The second kappa shape index (κ2) is 9.90. The normalized spacial score (nSPS) is 17.2. The summed E-state index contributed by atoms with van der Waals surface area (Å²) in [6.07, 6.45) is 3.63. The van der Waals surface area contributed by atoms with E-state index >= 15 is 0 Å². The second-order valence-electron chi connectivity index (χ2n) is 8.89. The van der Waals surface area contributed by atoms with Gasteiger partial charge in [0.1, 0.15) is 0 Å². The fraction of sp³-hybridized carbons (Fsp3) is 0.286. The molecule has 0 N–H and O–H groups in total. The SMILES string of the molecule is O=c1c2ccccc2c(Cc2ccc(Cl)cc2)nn1C1CCCN(Cc2ccccc2)CC1. The molecule has 3 aromatic carbocycles. The van der Waals surface area contributed by atoms with Crippen LogP contribution >= 0.6 is 11.6 Å². The molecular formula is C28H28ClN3O. The Bertz CT molecular complexity index is 1280. The zero-order chi connectivity index (χ0) is 22.6. The number of aromatic nitrogens is 2. The van der Waals surface area contributed by atoms with Crippen molar-refractivity contribution in [2.45, 2.75) is 38.3 Å². The quantitative estimate of drug-likeness (QED) is 0.376. The topological polar surface area (TPSA) is 38.1 Å². The highest BCUT2D eigenvalue weighted by Crippen LogP contribution is 2.25. The minimum Gasteiger partial charge on any atom is -0.299 e. The van der Waals surface area contributed by atoms with Gasteiger partial charge in [-0.3, -0.25) is 9.69 Å². The lowest BCUT2D eigenvalue weighted by molar-refractivity contribution is 0.270. The highest BCUT2D eigenvalue weighted by Gasteiger charge is 2.22.